The highest BCUT2D eigenvalue weighted by Gasteiger charge is 2.30. The summed E-state index contributed by atoms with van der Waals surface area (Å²) in [6.07, 6.45) is 1.99. The maximum atomic E-state index is 13.3. The number of carbonyl (C=O) groups excluding carboxylic acids is 1. The molecule has 0 saturated carbocycles. The van der Waals surface area contributed by atoms with Crippen molar-refractivity contribution in [3.63, 3.8) is 0 Å². The molecule has 0 radical (unpaired) electrons. The van der Waals surface area contributed by atoms with E-state index in [9.17, 15) is 13.2 Å². The van der Waals surface area contributed by atoms with Crippen LogP contribution in [-0.2, 0) is 14.8 Å². The van der Waals surface area contributed by atoms with Gasteiger partial charge in [0.05, 0.1) is 10.6 Å². The van der Waals surface area contributed by atoms with Crippen LogP contribution in [0.5, 0.6) is 0 Å². The van der Waals surface area contributed by atoms with Gasteiger partial charge in [-0.2, -0.15) is 0 Å². The number of amides is 1. The van der Waals surface area contributed by atoms with Crippen LogP contribution in [-0.4, -0.2) is 38.9 Å². The Labute approximate surface area is 175 Å². The van der Waals surface area contributed by atoms with Crippen LogP contribution in [0.2, 0.25) is 10.0 Å². The summed E-state index contributed by atoms with van der Waals surface area (Å²) in [4.78, 5) is 14.8. The Kier molecular flexibility index (Phi) is 6.53. The van der Waals surface area contributed by atoms with Crippen LogP contribution in [0.15, 0.2) is 53.4 Å². The fourth-order valence-electron chi connectivity index (χ4n) is 3.36. The van der Waals surface area contributed by atoms with Crippen LogP contribution < -0.4 is 4.31 Å². The van der Waals surface area contributed by atoms with Crippen molar-refractivity contribution in [2.24, 2.45) is 5.92 Å². The number of rotatable bonds is 5. The minimum Gasteiger partial charge on any atom is -0.341 e. The molecule has 0 N–H and O–H groups in total. The molecule has 0 aliphatic carbocycles. The SMILES string of the molecule is C[C@H]1CCCN(C(=O)CN(c2cc(Cl)cc(Cl)c2)S(=O)(=O)c2ccccc2)C1. The lowest BCUT2D eigenvalue weighted by molar-refractivity contribution is -0.131. The van der Waals surface area contributed by atoms with E-state index in [1.54, 1.807) is 23.1 Å². The largest absolute Gasteiger partial charge is 0.341 e. The second-order valence-electron chi connectivity index (χ2n) is 7.04. The van der Waals surface area contributed by atoms with Crippen LogP contribution in [0, 0.1) is 5.92 Å². The smallest absolute Gasteiger partial charge is 0.264 e. The van der Waals surface area contributed by atoms with Gasteiger partial charge in [-0.1, -0.05) is 48.3 Å². The van der Waals surface area contributed by atoms with Crippen molar-refractivity contribution in [1.29, 1.82) is 0 Å². The monoisotopic (exact) mass is 440 g/mol. The Morgan fingerprint density at radius 3 is 2.39 bits per heavy atom. The van der Waals surface area contributed by atoms with E-state index >= 15 is 0 Å². The van der Waals surface area contributed by atoms with Gasteiger partial charge < -0.3 is 4.90 Å². The zero-order valence-electron chi connectivity index (χ0n) is 15.5. The Hall–Kier alpha value is -1.76. The number of benzene rings is 2. The molecule has 0 bridgehead atoms. The summed E-state index contributed by atoms with van der Waals surface area (Å²) in [6, 6.07) is 12.5. The van der Waals surface area contributed by atoms with Crippen LogP contribution in [0.4, 0.5) is 5.69 Å². The van der Waals surface area contributed by atoms with Gasteiger partial charge in [0.1, 0.15) is 6.54 Å². The van der Waals surface area contributed by atoms with Crippen LogP contribution in [0.3, 0.4) is 0 Å². The third-order valence-electron chi connectivity index (χ3n) is 4.76. The van der Waals surface area contributed by atoms with E-state index in [2.05, 4.69) is 6.92 Å². The lowest BCUT2D eigenvalue weighted by Crippen LogP contribution is -2.46. The highest BCUT2D eigenvalue weighted by Crippen LogP contribution is 2.30. The topological polar surface area (TPSA) is 57.7 Å². The van der Waals surface area contributed by atoms with Crippen molar-refractivity contribution in [2.45, 2.75) is 24.7 Å². The van der Waals surface area contributed by atoms with Gasteiger partial charge in [-0.15, -0.1) is 0 Å². The van der Waals surface area contributed by atoms with E-state index in [1.807, 2.05) is 0 Å². The molecule has 1 aliphatic heterocycles. The second-order valence-corrected chi connectivity index (χ2v) is 9.77. The minimum absolute atomic E-state index is 0.103. The highest BCUT2D eigenvalue weighted by molar-refractivity contribution is 7.92. The zero-order chi connectivity index (χ0) is 20.3. The zero-order valence-corrected chi connectivity index (χ0v) is 17.8. The van der Waals surface area contributed by atoms with Crippen LogP contribution in [0.1, 0.15) is 19.8 Å². The van der Waals surface area contributed by atoms with Crippen molar-refractivity contribution in [2.75, 3.05) is 23.9 Å². The molecule has 1 amide bonds. The first kappa shape index (κ1) is 21.0. The fraction of sp³-hybridized carbons (Fsp3) is 0.350. The van der Waals surface area contributed by atoms with Gasteiger partial charge in [-0.05, 0) is 49.1 Å². The van der Waals surface area contributed by atoms with E-state index < -0.39 is 10.0 Å². The standard InChI is InChI=1S/C20H22Cl2N2O3S/c1-15-6-5-9-23(13-15)20(25)14-24(18-11-16(21)10-17(22)12-18)28(26,27)19-7-3-2-4-8-19/h2-4,7-8,10-12,15H,5-6,9,13-14H2,1H3/t15-/m0/s1. The summed E-state index contributed by atoms with van der Waals surface area (Å²) in [6.45, 7) is 3.06. The van der Waals surface area contributed by atoms with E-state index in [0.717, 1.165) is 17.1 Å². The quantitative estimate of drug-likeness (QED) is 0.689. The number of sulfonamides is 1. The second kappa shape index (κ2) is 8.72. The first-order valence-electron chi connectivity index (χ1n) is 9.09. The number of likely N-dealkylation sites (tertiary alicyclic amines) is 1. The maximum absolute atomic E-state index is 13.3. The van der Waals surface area contributed by atoms with Gasteiger partial charge >= 0.3 is 0 Å². The molecule has 2 aromatic rings. The molecule has 5 nitrogen and oxygen atoms in total. The Bertz CT molecular complexity index is 931. The molecule has 150 valence electrons. The molecular weight excluding hydrogens is 419 g/mol. The third kappa shape index (κ3) is 4.80. The Balaban J connectivity index is 1.98. The number of hydrogen-bond acceptors (Lipinski definition) is 3. The molecule has 1 saturated heterocycles. The molecule has 1 fully saturated rings. The van der Waals surface area contributed by atoms with Crippen LogP contribution >= 0.6 is 23.2 Å². The lowest BCUT2D eigenvalue weighted by Gasteiger charge is -2.33. The highest BCUT2D eigenvalue weighted by atomic mass is 35.5. The molecule has 1 aliphatic rings. The molecule has 1 heterocycles. The molecule has 2 aromatic carbocycles. The molecule has 0 unspecified atom stereocenters. The third-order valence-corrected chi connectivity index (χ3v) is 6.98. The summed E-state index contributed by atoms with van der Waals surface area (Å²) in [5.74, 6) is 0.166. The van der Waals surface area contributed by atoms with Crippen LogP contribution in [0.25, 0.3) is 0 Å². The van der Waals surface area contributed by atoms with Gasteiger partial charge in [-0.25, -0.2) is 8.42 Å². The number of halogens is 2. The molecule has 28 heavy (non-hydrogen) atoms. The summed E-state index contributed by atoms with van der Waals surface area (Å²) < 4.78 is 27.7. The molecule has 0 aromatic heterocycles. The number of hydrogen-bond donors (Lipinski definition) is 0. The van der Waals surface area contributed by atoms with Gasteiger partial charge in [0.2, 0.25) is 5.91 Å². The Morgan fingerprint density at radius 1 is 1.14 bits per heavy atom. The van der Waals surface area contributed by atoms with E-state index in [4.69, 9.17) is 23.2 Å². The first-order chi connectivity index (χ1) is 13.3. The molecule has 3 rings (SSSR count). The van der Waals surface area contributed by atoms with Gasteiger partial charge in [-0.3, -0.25) is 9.10 Å². The summed E-state index contributed by atoms with van der Waals surface area (Å²) in [5, 5.41) is 0.601. The summed E-state index contributed by atoms with van der Waals surface area (Å²) in [5.41, 5.74) is 0.264. The predicted molar refractivity (Wildman–Crippen MR) is 112 cm³/mol. The Morgan fingerprint density at radius 2 is 1.79 bits per heavy atom. The van der Waals surface area contributed by atoms with E-state index in [-0.39, 0.29) is 23.0 Å². The molecular formula is C20H22Cl2N2O3S. The number of nitrogens with zero attached hydrogens (tertiary/aromatic N) is 2. The first-order valence-corrected chi connectivity index (χ1v) is 11.3. The maximum Gasteiger partial charge on any atom is 0.264 e. The minimum atomic E-state index is -3.97. The summed E-state index contributed by atoms with van der Waals surface area (Å²) >= 11 is 12.2. The lowest BCUT2D eigenvalue weighted by atomic mass is 10.0. The molecule has 0 spiro atoms. The molecule has 1 atom stereocenters. The molecule has 8 heteroatoms. The van der Waals surface area contributed by atoms with E-state index in [0.29, 0.717) is 29.1 Å². The number of piperidine rings is 1. The average molecular weight is 441 g/mol. The van der Waals surface area contributed by atoms with Crippen molar-refractivity contribution < 1.29 is 13.2 Å². The number of carbonyl (C=O) groups is 1. The van der Waals surface area contributed by atoms with Crippen molar-refractivity contribution in [3.8, 4) is 0 Å². The van der Waals surface area contributed by atoms with E-state index in [1.165, 1.54) is 30.3 Å². The average Bonchev–Trinajstić information content (AvgIpc) is 2.65. The fourth-order valence-corrected chi connectivity index (χ4v) is 5.29. The van der Waals surface area contributed by atoms with Crippen molar-refractivity contribution in [3.05, 3.63) is 58.6 Å². The van der Waals surface area contributed by atoms with Crippen molar-refractivity contribution >= 4 is 44.8 Å². The normalized spacial score (nSPS) is 17.4. The summed E-state index contributed by atoms with van der Waals surface area (Å²) in [7, 11) is -3.97. The van der Waals surface area contributed by atoms with Crippen molar-refractivity contribution in [1.82, 2.24) is 4.90 Å². The van der Waals surface area contributed by atoms with Gasteiger partial charge in [0.15, 0.2) is 0 Å². The predicted octanol–water partition coefficient (Wildman–Crippen LogP) is 4.45. The van der Waals surface area contributed by atoms with Gasteiger partial charge in [0.25, 0.3) is 10.0 Å². The van der Waals surface area contributed by atoms with Gasteiger partial charge in [0, 0.05) is 23.1 Å². The number of anilines is 1.